The summed E-state index contributed by atoms with van der Waals surface area (Å²) in [7, 11) is 3.06. The number of anilines is 1. The van der Waals surface area contributed by atoms with Crippen LogP contribution < -0.4 is 20.1 Å². The molecule has 0 saturated heterocycles. The number of benzene rings is 1. The largest absolute Gasteiger partial charge is 0.493 e. The van der Waals surface area contributed by atoms with Gasteiger partial charge in [0.2, 0.25) is 5.91 Å². The molecule has 11 nitrogen and oxygen atoms in total. The predicted octanol–water partition coefficient (Wildman–Crippen LogP) is 5.65. The minimum absolute atomic E-state index is 0.161. The molecule has 2 N–H and O–H groups in total. The predicted molar refractivity (Wildman–Crippen MR) is 171 cm³/mol. The molecule has 4 rings (SSSR count). The topological polar surface area (TPSA) is 134 Å². The van der Waals surface area contributed by atoms with Crippen LogP contribution in [0, 0.1) is 0 Å². The third-order valence-corrected chi connectivity index (χ3v) is 9.66. The fourth-order valence-electron chi connectivity index (χ4n) is 4.99. The van der Waals surface area contributed by atoms with Gasteiger partial charge in [0.1, 0.15) is 5.00 Å². The van der Waals surface area contributed by atoms with E-state index in [1.165, 1.54) is 37.3 Å². The normalized spacial score (nSPS) is 13.4. The fourth-order valence-corrected chi connectivity index (χ4v) is 7.17. The molecule has 0 unspecified atom stereocenters. The van der Waals surface area contributed by atoms with Crippen molar-refractivity contribution in [2.45, 2.75) is 89.2 Å². The lowest BCUT2D eigenvalue weighted by Gasteiger charge is -2.14. The summed E-state index contributed by atoms with van der Waals surface area (Å²) in [5, 5.41) is 15.3. The van der Waals surface area contributed by atoms with E-state index in [1.807, 2.05) is 4.57 Å². The first kappa shape index (κ1) is 33.3. The zero-order valence-corrected chi connectivity index (χ0v) is 27.6. The van der Waals surface area contributed by atoms with E-state index in [0.29, 0.717) is 45.2 Å². The number of carbonyl (C=O) groups excluding carboxylic acids is 3. The Morgan fingerprint density at radius 3 is 2.57 bits per heavy atom. The number of aromatic nitrogens is 3. The van der Waals surface area contributed by atoms with E-state index >= 15 is 0 Å². The van der Waals surface area contributed by atoms with Gasteiger partial charge < -0.3 is 29.4 Å². The van der Waals surface area contributed by atoms with E-state index < -0.39 is 5.25 Å². The number of aryl methyl sites for hydroxylation is 1. The molecule has 0 aliphatic heterocycles. The highest BCUT2D eigenvalue weighted by molar-refractivity contribution is 8.00. The maximum Gasteiger partial charge on any atom is 0.341 e. The number of thiophene rings is 1. The van der Waals surface area contributed by atoms with E-state index in [9.17, 15) is 14.4 Å². The van der Waals surface area contributed by atoms with Crippen LogP contribution in [0.3, 0.4) is 0 Å². The molecule has 44 heavy (non-hydrogen) atoms. The van der Waals surface area contributed by atoms with Crippen LogP contribution in [0.4, 0.5) is 5.00 Å². The molecule has 0 radical (unpaired) electrons. The average Bonchev–Trinajstić information content (AvgIpc) is 3.48. The van der Waals surface area contributed by atoms with Crippen LogP contribution in [0.25, 0.3) is 0 Å². The lowest BCUT2D eigenvalue weighted by Crippen LogP contribution is -2.25. The number of methoxy groups -OCH3 is 2. The first-order valence-electron chi connectivity index (χ1n) is 15.0. The maximum absolute atomic E-state index is 13.4. The van der Waals surface area contributed by atoms with Gasteiger partial charge in [-0.25, -0.2) is 4.79 Å². The highest BCUT2D eigenvalue weighted by atomic mass is 32.2. The summed E-state index contributed by atoms with van der Waals surface area (Å²) in [6.45, 7) is 6.76. The Morgan fingerprint density at radius 2 is 1.84 bits per heavy atom. The van der Waals surface area contributed by atoms with E-state index in [1.54, 1.807) is 32.0 Å². The number of esters is 1. The molecule has 2 aromatic heterocycles. The quantitative estimate of drug-likeness (QED) is 0.130. The van der Waals surface area contributed by atoms with Gasteiger partial charge in [0.05, 0.1) is 38.2 Å². The van der Waals surface area contributed by atoms with Crippen molar-refractivity contribution in [3.63, 3.8) is 0 Å². The van der Waals surface area contributed by atoms with Crippen LogP contribution >= 0.6 is 23.1 Å². The molecule has 3 aromatic rings. The van der Waals surface area contributed by atoms with Crippen molar-refractivity contribution in [1.82, 2.24) is 20.1 Å². The van der Waals surface area contributed by atoms with Crippen LogP contribution in [-0.4, -0.2) is 58.6 Å². The monoisotopic (exact) mass is 643 g/mol. The van der Waals surface area contributed by atoms with Crippen molar-refractivity contribution >= 4 is 45.9 Å². The number of unbranched alkanes of at least 4 members (excludes halogenated alkanes) is 1. The smallest absolute Gasteiger partial charge is 0.341 e. The summed E-state index contributed by atoms with van der Waals surface area (Å²) in [4.78, 5) is 40.4. The van der Waals surface area contributed by atoms with Crippen LogP contribution in [0.5, 0.6) is 11.5 Å². The van der Waals surface area contributed by atoms with Gasteiger partial charge in [-0.1, -0.05) is 31.5 Å². The second kappa shape index (κ2) is 15.9. The van der Waals surface area contributed by atoms with Crippen molar-refractivity contribution < 1.29 is 28.6 Å². The van der Waals surface area contributed by atoms with Crippen molar-refractivity contribution in [3.05, 3.63) is 45.6 Å². The Morgan fingerprint density at radius 1 is 1.07 bits per heavy atom. The van der Waals surface area contributed by atoms with Crippen molar-refractivity contribution in [2.24, 2.45) is 0 Å². The lowest BCUT2D eigenvalue weighted by atomic mass is 10.1. The molecule has 1 aliphatic carbocycles. The van der Waals surface area contributed by atoms with E-state index in [0.717, 1.165) is 55.4 Å². The van der Waals surface area contributed by atoms with Gasteiger partial charge in [0.25, 0.3) is 5.91 Å². The minimum Gasteiger partial charge on any atom is -0.493 e. The zero-order chi connectivity index (χ0) is 31.6. The van der Waals surface area contributed by atoms with Crippen molar-refractivity contribution in [1.29, 1.82) is 0 Å². The molecule has 1 aromatic carbocycles. The number of nitrogens with one attached hydrogen (secondary N) is 2. The molecular formula is C31H41N5O6S2. The molecule has 0 spiro atoms. The summed E-state index contributed by atoms with van der Waals surface area (Å²) in [6.07, 6.45) is 6.76. The van der Waals surface area contributed by atoms with Gasteiger partial charge in [-0.2, -0.15) is 0 Å². The molecule has 0 fully saturated rings. The SMILES string of the molecule is CCCCn1c(CNC(=O)c2ccc(OC)c(OC)c2)nnc1S[C@H](C)C(=O)Nc1sc2c(c1C(=O)OCC)CCCCC2. The summed E-state index contributed by atoms with van der Waals surface area (Å²) in [6, 6.07) is 4.97. The Labute approximate surface area is 266 Å². The van der Waals surface area contributed by atoms with Gasteiger partial charge in [-0.05, 0) is 69.7 Å². The van der Waals surface area contributed by atoms with Crippen LogP contribution in [0.1, 0.15) is 89.9 Å². The summed E-state index contributed by atoms with van der Waals surface area (Å²) < 4.78 is 17.9. The van der Waals surface area contributed by atoms with Gasteiger partial charge in [-0.3, -0.25) is 9.59 Å². The number of hydrogen-bond acceptors (Lipinski definition) is 10. The van der Waals surface area contributed by atoms with Gasteiger partial charge in [-0.15, -0.1) is 21.5 Å². The highest BCUT2D eigenvalue weighted by Crippen LogP contribution is 2.38. The van der Waals surface area contributed by atoms with Crippen LogP contribution in [-0.2, 0) is 35.5 Å². The number of hydrogen-bond donors (Lipinski definition) is 2. The molecule has 1 aliphatic rings. The first-order valence-corrected chi connectivity index (χ1v) is 16.7. The fraction of sp³-hybridized carbons (Fsp3) is 0.516. The third kappa shape index (κ3) is 7.92. The number of fused-ring (bicyclic) bond motifs is 1. The standard InChI is InChI=1S/C31H41N5O6S2/c1-6-8-16-36-25(18-32-28(38)20-14-15-22(40-4)23(17-20)41-5)34-35-31(36)43-19(3)27(37)33-29-26(30(39)42-7-2)21-12-10-9-11-13-24(21)44-29/h14-15,17,19H,6-13,16,18H2,1-5H3,(H,32,38)(H,33,37)/t19-/m1/s1. The molecule has 13 heteroatoms. The van der Waals surface area contributed by atoms with Gasteiger partial charge in [0.15, 0.2) is 22.5 Å². The van der Waals surface area contributed by atoms with E-state index in [-0.39, 0.29) is 30.9 Å². The van der Waals surface area contributed by atoms with E-state index in [4.69, 9.17) is 14.2 Å². The van der Waals surface area contributed by atoms with Crippen LogP contribution in [0.2, 0.25) is 0 Å². The molecule has 2 heterocycles. The van der Waals surface area contributed by atoms with Crippen LogP contribution in [0.15, 0.2) is 23.4 Å². The minimum atomic E-state index is -0.522. The second-order valence-electron chi connectivity index (χ2n) is 10.4. The lowest BCUT2D eigenvalue weighted by molar-refractivity contribution is -0.115. The number of ether oxygens (including phenoxy) is 3. The Kier molecular flexibility index (Phi) is 12.1. The summed E-state index contributed by atoms with van der Waals surface area (Å²) in [5.74, 6) is 0.685. The Bertz CT molecular complexity index is 1470. The average molecular weight is 644 g/mol. The number of carbonyl (C=O) groups is 3. The molecular weight excluding hydrogens is 603 g/mol. The summed E-state index contributed by atoms with van der Waals surface area (Å²) in [5.41, 5.74) is 1.94. The summed E-state index contributed by atoms with van der Waals surface area (Å²) >= 11 is 2.78. The Balaban J connectivity index is 1.47. The molecule has 0 saturated carbocycles. The molecule has 2 amide bonds. The molecule has 0 bridgehead atoms. The van der Waals surface area contributed by atoms with Crippen molar-refractivity contribution in [2.75, 3.05) is 26.1 Å². The maximum atomic E-state index is 13.4. The van der Waals surface area contributed by atoms with Crippen molar-refractivity contribution in [3.8, 4) is 11.5 Å². The Hall–Kier alpha value is -3.58. The zero-order valence-electron chi connectivity index (χ0n) is 26.0. The van der Waals surface area contributed by atoms with E-state index in [2.05, 4.69) is 27.8 Å². The number of amides is 2. The number of nitrogens with zero attached hydrogens (tertiary/aromatic N) is 3. The second-order valence-corrected chi connectivity index (χ2v) is 12.8. The molecule has 238 valence electrons. The number of rotatable bonds is 14. The number of thioether (sulfide) groups is 1. The first-order chi connectivity index (χ1) is 21.3. The third-order valence-electron chi connectivity index (χ3n) is 7.37. The molecule has 1 atom stereocenters. The van der Waals surface area contributed by atoms with Gasteiger partial charge in [0, 0.05) is 17.0 Å². The van der Waals surface area contributed by atoms with Gasteiger partial charge >= 0.3 is 5.97 Å². The highest BCUT2D eigenvalue weighted by Gasteiger charge is 2.28.